The lowest BCUT2D eigenvalue weighted by Gasteiger charge is -2.10. The number of rotatable bonds is 3. The monoisotopic (exact) mass is 247 g/mol. The van der Waals surface area contributed by atoms with Crippen LogP contribution >= 0.6 is 11.6 Å². The highest BCUT2D eigenvalue weighted by atomic mass is 35.5. The van der Waals surface area contributed by atoms with Crippen molar-refractivity contribution in [3.8, 4) is 0 Å². The number of benzene rings is 1. The number of hydrogen-bond acceptors (Lipinski definition) is 3. The molecule has 0 radical (unpaired) electrons. The third-order valence-corrected chi connectivity index (χ3v) is 3.55. The molecule has 5 heteroatoms. The molecule has 1 rings (SSSR count). The standard InChI is InChI=1S/C10H14ClNO2S/c1-7(6-12)8-3-9(11)5-10(4-8)15(2,13)14/h3-5,7H,6,12H2,1-2H3. The molecule has 1 atom stereocenters. The lowest BCUT2D eigenvalue weighted by atomic mass is 10.0. The summed E-state index contributed by atoms with van der Waals surface area (Å²) in [5.74, 6) is 0.101. The van der Waals surface area contributed by atoms with E-state index in [1.807, 2.05) is 6.92 Å². The van der Waals surface area contributed by atoms with Gasteiger partial charge in [-0.25, -0.2) is 8.42 Å². The molecule has 15 heavy (non-hydrogen) atoms. The summed E-state index contributed by atoms with van der Waals surface area (Å²) in [6.07, 6.45) is 1.16. The van der Waals surface area contributed by atoms with Crippen LogP contribution in [0.4, 0.5) is 0 Å². The third kappa shape index (κ3) is 3.19. The van der Waals surface area contributed by atoms with Crippen molar-refractivity contribution < 1.29 is 8.42 Å². The molecule has 2 N–H and O–H groups in total. The van der Waals surface area contributed by atoms with Crippen LogP contribution in [-0.4, -0.2) is 21.2 Å². The van der Waals surface area contributed by atoms with Crippen molar-refractivity contribution in [3.05, 3.63) is 28.8 Å². The first-order valence-electron chi connectivity index (χ1n) is 4.55. The van der Waals surface area contributed by atoms with Crippen LogP contribution in [0.2, 0.25) is 5.02 Å². The minimum Gasteiger partial charge on any atom is -0.330 e. The van der Waals surface area contributed by atoms with E-state index in [4.69, 9.17) is 17.3 Å². The minimum atomic E-state index is -3.21. The summed E-state index contributed by atoms with van der Waals surface area (Å²) in [7, 11) is -3.21. The Morgan fingerprint density at radius 1 is 1.40 bits per heavy atom. The first kappa shape index (κ1) is 12.5. The second-order valence-electron chi connectivity index (χ2n) is 3.63. The molecule has 0 fully saturated rings. The van der Waals surface area contributed by atoms with Gasteiger partial charge in [0.2, 0.25) is 0 Å². The fourth-order valence-corrected chi connectivity index (χ4v) is 2.22. The normalized spacial score (nSPS) is 13.9. The maximum atomic E-state index is 11.4. The molecule has 0 heterocycles. The molecule has 1 aromatic carbocycles. The molecule has 0 saturated carbocycles. The molecule has 1 unspecified atom stereocenters. The van der Waals surface area contributed by atoms with Gasteiger partial charge in [-0.15, -0.1) is 0 Å². The van der Waals surface area contributed by atoms with Crippen LogP contribution in [0.25, 0.3) is 0 Å². The molecule has 84 valence electrons. The minimum absolute atomic E-state index is 0.101. The van der Waals surface area contributed by atoms with Gasteiger partial charge in [0.1, 0.15) is 0 Å². The summed E-state index contributed by atoms with van der Waals surface area (Å²) in [6.45, 7) is 2.39. The van der Waals surface area contributed by atoms with Crippen molar-refractivity contribution in [1.82, 2.24) is 0 Å². The summed E-state index contributed by atoms with van der Waals surface area (Å²) in [5.41, 5.74) is 6.37. The maximum absolute atomic E-state index is 11.4. The van der Waals surface area contributed by atoms with E-state index in [0.29, 0.717) is 11.6 Å². The quantitative estimate of drug-likeness (QED) is 0.886. The fraction of sp³-hybridized carbons (Fsp3) is 0.400. The van der Waals surface area contributed by atoms with Gasteiger partial charge in [0.05, 0.1) is 4.90 Å². The molecular formula is C10H14ClNO2S. The highest BCUT2D eigenvalue weighted by Gasteiger charge is 2.12. The molecule has 0 aliphatic carbocycles. The highest BCUT2D eigenvalue weighted by Crippen LogP contribution is 2.23. The topological polar surface area (TPSA) is 60.2 Å². The molecule has 0 saturated heterocycles. The van der Waals surface area contributed by atoms with Gasteiger partial charge in [0.25, 0.3) is 0 Å². The number of sulfone groups is 1. The number of halogens is 1. The van der Waals surface area contributed by atoms with Crippen molar-refractivity contribution >= 4 is 21.4 Å². The summed E-state index contributed by atoms with van der Waals surface area (Å²) in [6, 6.07) is 4.82. The van der Waals surface area contributed by atoms with Gasteiger partial charge in [0.15, 0.2) is 9.84 Å². The Labute approximate surface area is 95.2 Å². The van der Waals surface area contributed by atoms with Crippen LogP contribution in [0.5, 0.6) is 0 Å². The Kier molecular flexibility index (Phi) is 3.76. The molecule has 0 aliphatic rings. The Hall–Kier alpha value is -0.580. The highest BCUT2D eigenvalue weighted by molar-refractivity contribution is 7.90. The number of hydrogen-bond donors (Lipinski definition) is 1. The van der Waals surface area contributed by atoms with Gasteiger partial charge in [-0.2, -0.15) is 0 Å². The van der Waals surface area contributed by atoms with Gasteiger partial charge in [-0.3, -0.25) is 0 Å². The van der Waals surface area contributed by atoms with Crippen LogP contribution in [0.15, 0.2) is 23.1 Å². The average molecular weight is 248 g/mol. The van der Waals surface area contributed by atoms with E-state index in [1.165, 1.54) is 6.07 Å². The fourth-order valence-electron chi connectivity index (χ4n) is 1.22. The molecule has 0 bridgehead atoms. The molecule has 3 nitrogen and oxygen atoms in total. The van der Waals surface area contributed by atoms with Crippen molar-refractivity contribution in [2.45, 2.75) is 17.7 Å². The van der Waals surface area contributed by atoms with Crippen LogP contribution in [-0.2, 0) is 9.84 Å². The lowest BCUT2D eigenvalue weighted by molar-refractivity contribution is 0.601. The lowest BCUT2D eigenvalue weighted by Crippen LogP contribution is -2.09. The van der Waals surface area contributed by atoms with Gasteiger partial charge < -0.3 is 5.73 Å². The molecule has 0 amide bonds. The molecular weight excluding hydrogens is 234 g/mol. The van der Waals surface area contributed by atoms with E-state index in [0.717, 1.165) is 11.8 Å². The zero-order chi connectivity index (χ0) is 11.6. The molecule has 0 aromatic heterocycles. The van der Waals surface area contributed by atoms with E-state index in [-0.39, 0.29) is 10.8 Å². The van der Waals surface area contributed by atoms with Gasteiger partial charge >= 0.3 is 0 Å². The summed E-state index contributed by atoms with van der Waals surface area (Å²) >= 11 is 5.85. The summed E-state index contributed by atoms with van der Waals surface area (Å²) in [5, 5.41) is 0.424. The van der Waals surface area contributed by atoms with Gasteiger partial charge in [-0.05, 0) is 36.2 Å². The molecule has 1 aromatic rings. The van der Waals surface area contributed by atoms with Crippen molar-refractivity contribution in [3.63, 3.8) is 0 Å². The first-order chi connectivity index (χ1) is 6.84. The molecule has 0 spiro atoms. The average Bonchev–Trinajstić information content (AvgIpc) is 2.14. The zero-order valence-electron chi connectivity index (χ0n) is 8.70. The smallest absolute Gasteiger partial charge is 0.175 e. The second-order valence-corrected chi connectivity index (χ2v) is 6.08. The van der Waals surface area contributed by atoms with Crippen LogP contribution in [0.1, 0.15) is 18.4 Å². The maximum Gasteiger partial charge on any atom is 0.175 e. The summed E-state index contributed by atoms with van der Waals surface area (Å²) in [4.78, 5) is 0.241. The zero-order valence-corrected chi connectivity index (χ0v) is 10.3. The SMILES string of the molecule is CC(CN)c1cc(Cl)cc(S(C)(=O)=O)c1. The van der Waals surface area contributed by atoms with Crippen molar-refractivity contribution in [1.29, 1.82) is 0 Å². The Bertz CT molecular complexity index is 456. The van der Waals surface area contributed by atoms with E-state index in [9.17, 15) is 8.42 Å². The largest absolute Gasteiger partial charge is 0.330 e. The predicted molar refractivity (Wildman–Crippen MR) is 62.0 cm³/mol. The van der Waals surface area contributed by atoms with Crippen molar-refractivity contribution in [2.24, 2.45) is 5.73 Å². The van der Waals surface area contributed by atoms with E-state index < -0.39 is 9.84 Å². The second kappa shape index (κ2) is 4.51. The van der Waals surface area contributed by atoms with Crippen LogP contribution in [0, 0.1) is 0 Å². The Balaban J connectivity index is 3.29. The predicted octanol–water partition coefficient (Wildman–Crippen LogP) is 1.81. The Morgan fingerprint density at radius 3 is 2.47 bits per heavy atom. The van der Waals surface area contributed by atoms with Crippen LogP contribution in [0.3, 0.4) is 0 Å². The Morgan fingerprint density at radius 2 is 2.00 bits per heavy atom. The van der Waals surface area contributed by atoms with Gasteiger partial charge in [-0.1, -0.05) is 18.5 Å². The van der Waals surface area contributed by atoms with Gasteiger partial charge in [0, 0.05) is 11.3 Å². The number of nitrogens with two attached hydrogens (primary N) is 1. The van der Waals surface area contributed by atoms with E-state index in [2.05, 4.69) is 0 Å². The van der Waals surface area contributed by atoms with Crippen LogP contribution < -0.4 is 5.73 Å². The van der Waals surface area contributed by atoms with Crippen molar-refractivity contribution in [2.75, 3.05) is 12.8 Å². The van der Waals surface area contributed by atoms with E-state index in [1.54, 1.807) is 12.1 Å². The first-order valence-corrected chi connectivity index (χ1v) is 6.82. The summed E-state index contributed by atoms with van der Waals surface area (Å²) < 4.78 is 22.7. The third-order valence-electron chi connectivity index (χ3n) is 2.24. The van der Waals surface area contributed by atoms with E-state index >= 15 is 0 Å². The molecule has 0 aliphatic heterocycles.